The van der Waals surface area contributed by atoms with E-state index in [0.717, 1.165) is 19.7 Å². The second-order valence-electron chi connectivity index (χ2n) is 3.83. The first kappa shape index (κ1) is 9.96. The summed E-state index contributed by atoms with van der Waals surface area (Å²) < 4.78 is 11.1. The lowest BCUT2D eigenvalue weighted by atomic mass is 10.1. The molecule has 0 amide bonds. The highest BCUT2D eigenvalue weighted by molar-refractivity contribution is 4.81. The Hall–Kier alpha value is -0.120. The van der Waals surface area contributed by atoms with E-state index in [9.17, 15) is 0 Å². The normalized spacial score (nSPS) is 31.0. The molecule has 1 saturated heterocycles. The van der Waals surface area contributed by atoms with Crippen molar-refractivity contribution in [2.45, 2.75) is 32.5 Å². The summed E-state index contributed by atoms with van der Waals surface area (Å²) >= 11 is 0. The molecule has 0 aromatic heterocycles. The maximum absolute atomic E-state index is 5.63. The zero-order valence-electron chi connectivity index (χ0n) is 8.22. The van der Waals surface area contributed by atoms with Crippen molar-refractivity contribution in [3.8, 4) is 0 Å². The minimum atomic E-state index is -0.123. The summed E-state index contributed by atoms with van der Waals surface area (Å²) in [4.78, 5) is 0. The lowest BCUT2D eigenvalue weighted by Crippen LogP contribution is -2.50. The first-order valence-electron chi connectivity index (χ1n) is 4.59. The average molecular weight is 173 g/mol. The zero-order valence-corrected chi connectivity index (χ0v) is 8.22. The molecule has 1 heterocycles. The molecule has 3 nitrogen and oxygen atoms in total. The van der Waals surface area contributed by atoms with Gasteiger partial charge in [-0.05, 0) is 20.8 Å². The van der Waals surface area contributed by atoms with Crippen LogP contribution in [0.4, 0.5) is 0 Å². The van der Waals surface area contributed by atoms with Crippen molar-refractivity contribution in [1.29, 1.82) is 0 Å². The number of hydrogen-bond donors (Lipinski definition) is 1. The van der Waals surface area contributed by atoms with E-state index in [-0.39, 0.29) is 11.7 Å². The van der Waals surface area contributed by atoms with Gasteiger partial charge in [0.25, 0.3) is 0 Å². The van der Waals surface area contributed by atoms with Gasteiger partial charge in [0.15, 0.2) is 0 Å². The van der Waals surface area contributed by atoms with Gasteiger partial charge >= 0.3 is 0 Å². The number of morpholine rings is 1. The van der Waals surface area contributed by atoms with Gasteiger partial charge < -0.3 is 14.8 Å². The molecule has 0 radical (unpaired) electrons. The largest absolute Gasteiger partial charge is 0.376 e. The Balaban J connectivity index is 2.26. The van der Waals surface area contributed by atoms with Crippen molar-refractivity contribution in [3.05, 3.63) is 0 Å². The first-order chi connectivity index (χ1) is 5.62. The minimum Gasteiger partial charge on any atom is -0.376 e. The van der Waals surface area contributed by atoms with E-state index in [1.165, 1.54) is 0 Å². The fourth-order valence-electron chi connectivity index (χ4n) is 1.21. The van der Waals surface area contributed by atoms with Crippen LogP contribution in [0.25, 0.3) is 0 Å². The van der Waals surface area contributed by atoms with Crippen molar-refractivity contribution in [2.24, 2.45) is 0 Å². The van der Waals surface area contributed by atoms with E-state index < -0.39 is 0 Å². The molecule has 72 valence electrons. The second kappa shape index (κ2) is 4.21. The van der Waals surface area contributed by atoms with E-state index >= 15 is 0 Å². The SMILES string of the molecule is CC(C)OC[C@]1(C)CNCCO1. The number of nitrogens with one attached hydrogen (secondary N) is 1. The Labute approximate surface area is 74.4 Å². The highest BCUT2D eigenvalue weighted by Crippen LogP contribution is 2.13. The van der Waals surface area contributed by atoms with Crippen LogP contribution in [0.15, 0.2) is 0 Å². The standard InChI is InChI=1S/C9H19NO2/c1-8(2)11-7-9(3)6-10-4-5-12-9/h8,10H,4-7H2,1-3H3/t9-/m0/s1. The molecule has 0 aromatic carbocycles. The summed E-state index contributed by atoms with van der Waals surface area (Å²) in [6.07, 6.45) is 0.285. The molecule has 0 aliphatic carbocycles. The van der Waals surface area contributed by atoms with Gasteiger partial charge in [-0.15, -0.1) is 0 Å². The van der Waals surface area contributed by atoms with Crippen LogP contribution in [0.2, 0.25) is 0 Å². The van der Waals surface area contributed by atoms with Crippen LogP contribution in [0.3, 0.4) is 0 Å². The summed E-state index contributed by atoms with van der Waals surface area (Å²) in [7, 11) is 0. The van der Waals surface area contributed by atoms with Gasteiger partial charge in [-0.25, -0.2) is 0 Å². The smallest absolute Gasteiger partial charge is 0.101 e. The average Bonchev–Trinajstić information content (AvgIpc) is 2.03. The van der Waals surface area contributed by atoms with E-state index in [4.69, 9.17) is 9.47 Å². The van der Waals surface area contributed by atoms with Gasteiger partial charge in [0, 0.05) is 13.1 Å². The zero-order chi connectivity index (χ0) is 9.03. The van der Waals surface area contributed by atoms with Crippen LogP contribution < -0.4 is 5.32 Å². The molecule has 12 heavy (non-hydrogen) atoms. The molecule has 0 spiro atoms. The van der Waals surface area contributed by atoms with Gasteiger partial charge in [-0.2, -0.15) is 0 Å². The Kier molecular flexibility index (Phi) is 3.50. The van der Waals surface area contributed by atoms with Crippen LogP contribution in [0.1, 0.15) is 20.8 Å². The molecule has 1 N–H and O–H groups in total. The quantitative estimate of drug-likeness (QED) is 0.684. The van der Waals surface area contributed by atoms with Crippen LogP contribution >= 0.6 is 0 Å². The predicted molar refractivity (Wildman–Crippen MR) is 48.3 cm³/mol. The number of ether oxygens (including phenoxy) is 2. The maximum atomic E-state index is 5.63. The summed E-state index contributed by atoms with van der Waals surface area (Å²) in [5.41, 5.74) is -0.123. The predicted octanol–water partition coefficient (Wildman–Crippen LogP) is 0.790. The van der Waals surface area contributed by atoms with Crippen molar-refractivity contribution >= 4 is 0 Å². The summed E-state index contributed by atoms with van der Waals surface area (Å²) in [6.45, 7) is 9.48. The minimum absolute atomic E-state index is 0.123. The van der Waals surface area contributed by atoms with Crippen LogP contribution in [-0.2, 0) is 9.47 Å². The Morgan fingerprint density at radius 1 is 1.58 bits per heavy atom. The van der Waals surface area contributed by atoms with Crippen molar-refractivity contribution < 1.29 is 9.47 Å². The summed E-state index contributed by atoms with van der Waals surface area (Å²) in [6, 6.07) is 0. The van der Waals surface area contributed by atoms with Gasteiger partial charge in [-0.3, -0.25) is 0 Å². The van der Waals surface area contributed by atoms with Gasteiger partial charge in [-0.1, -0.05) is 0 Å². The van der Waals surface area contributed by atoms with E-state index in [0.29, 0.717) is 6.61 Å². The maximum Gasteiger partial charge on any atom is 0.101 e. The molecular weight excluding hydrogens is 154 g/mol. The highest BCUT2D eigenvalue weighted by Gasteiger charge is 2.28. The van der Waals surface area contributed by atoms with E-state index in [1.54, 1.807) is 0 Å². The molecule has 1 aliphatic heterocycles. The molecule has 1 atom stereocenters. The number of rotatable bonds is 3. The monoisotopic (exact) mass is 173 g/mol. The molecule has 3 heteroatoms. The van der Waals surface area contributed by atoms with Crippen molar-refractivity contribution in [3.63, 3.8) is 0 Å². The third-order valence-electron chi connectivity index (χ3n) is 1.95. The van der Waals surface area contributed by atoms with Crippen molar-refractivity contribution in [1.82, 2.24) is 5.32 Å². The molecule has 0 bridgehead atoms. The molecule has 1 rings (SSSR count). The number of hydrogen-bond acceptors (Lipinski definition) is 3. The van der Waals surface area contributed by atoms with Gasteiger partial charge in [0.1, 0.15) is 5.60 Å². The third-order valence-corrected chi connectivity index (χ3v) is 1.95. The summed E-state index contributed by atoms with van der Waals surface area (Å²) in [5.74, 6) is 0. The molecule has 1 fully saturated rings. The lowest BCUT2D eigenvalue weighted by Gasteiger charge is -2.34. The topological polar surface area (TPSA) is 30.5 Å². The lowest BCUT2D eigenvalue weighted by molar-refractivity contribution is -0.111. The fraction of sp³-hybridized carbons (Fsp3) is 1.00. The van der Waals surface area contributed by atoms with Gasteiger partial charge in [0.2, 0.25) is 0 Å². The second-order valence-corrected chi connectivity index (χ2v) is 3.83. The molecule has 1 aliphatic rings. The first-order valence-corrected chi connectivity index (χ1v) is 4.59. The van der Waals surface area contributed by atoms with Crippen LogP contribution in [0.5, 0.6) is 0 Å². The van der Waals surface area contributed by atoms with E-state index in [1.807, 2.05) is 13.8 Å². The summed E-state index contributed by atoms with van der Waals surface area (Å²) in [5, 5.41) is 3.29. The third kappa shape index (κ3) is 3.09. The molecule has 0 aromatic rings. The molecular formula is C9H19NO2. The van der Waals surface area contributed by atoms with Crippen LogP contribution in [0, 0.1) is 0 Å². The van der Waals surface area contributed by atoms with Crippen LogP contribution in [-0.4, -0.2) is 38.0 Å². The van der Waals surface area contributed by atoms with Gasteiger partial charge in [0.05, 0.1) is 19.3 Å². The van der Waals surface area contributed by atoms with Crippen molar-refractivity contribution in [2.75, 3.05) is 26.3 Å². The molecule has 0 saturated carbocycles. The Morgan fingerprint density at radius 3 is 2.83 bits per heavy atom. The fourth-order valence-corrected chi connectivity index (χ4v) is 1.21. The Bertz CT molecular complexity index is 130. The molecule has 0 unspecified atom stereocenters. The Morgan fingerprint density at radius 2 is 2.33 bits per heavy atom. The van der Waals surface area contributed by atoms with E-state index in [2.05, 4.69) is 12.2 Å². The highest BCUT2D eigenvalue weighted by atomic mass is 16.5.